The SMILES string of the molecule is COc1cc(/C=C/C(=O)Nc2cccc(-c3nc4ccccc4o3)c2)cc(OC)c1OC. The molecule has 0 spiro atoms. The Labute approximate surface area is 185 Å². The van der Waals surface area contributed by atoms with Gasteiger partial charge in [0, 0.05) is 17.3 Å². The summed E-state index contributed by atoms with van der Waals surface area (Å²) >= 11 is 0. The number of nitrogens with one attached hydrogen (secondary N) is 1. The molecule has 0 saturated carbocycles. The van der Waals surface area contributed by atoms with Gasteiger partial charge in [0.2, 0.25) is 17.5 Å². The highest BCUT2D eigenvalue weighted by Gasteiger charge is 2.12. The van der Waals surface area contributed by atoms with Crippen LogP contribution in [0.3, 0.4) is 0 Å². The van der Waals surface area contributed by atoms with E-state index in [1.165, 1.54) is 13.2 Å². The summed E-state index contributed by atoms with van der Waals surface area (Å²) in [4.78, 5) is 17.0. The molecule has 4 aromatic rings. The fourth-order valence-corrected chi connectivity index (χ4v) is 3.28. The van der Waals surface area contributed by atoms with Crippen LogP contribution in [-0.4, -0.2) is 32.2 Å². The van der Waals surface area contributed by atoms with E-state index >= 15 is 0 Å². The monoisotopic (exact) mass is 430 g/mol. The van der Waals surface area contributed by atoms with Crippen molar-refractivity contribution in [1.29, 1.82) is 0 Å². The number of carbonyl (C=O) groups excluding carboxylic acids is 1. The molecular weight excluding hydrogens is 408 g/mol. The Morgan fingerprint density at radius 2 is 1.69 bits per heavy atom. The molecule has 1 aromatic heterocycles. The molecule has 0 aliphatic rings. The van der Waals surface area contributed by atoms with Gasteiger partial charge in [-0.25, -0.2) is 4.98 Å². The maximum atomic E-state index is 12.5. The summed E-state index contributed by atoms with van der Waals surface area (Å²) in [6.07, 6.45) is 3.11. The highest BCUT2D eigenvalue weighted by Crippen LogP contribution is 2.38. The van der Waals surface area contributed by atoms with E-state index in [0.29, 0.717) is 34.4 Å². The lowest BCUT2D eigenvalue weighted by Crippen LogP contribution is -2.07. The normalized spacial score (nSPS) is 11.0. The summed E-state index contributed by atoms with van der Waals surface area (Å²) < 4.78 is 21.8. The van der Waals surface area contributed by atoms with Crippen molar-refractivity contribution in [3.8, 4) is 28.7 Å². The van der Waals surface area contributed by atoms with Crippen LogP contribution in [-0.2, 0) is 4.79 Å². The van der Waals surface area contributed by atoms with E-state index in [-0.39, 0.29) is 5.91 Å². The first kappa shape index (κ1) is 21.0. The Hall–Kier alpha value is -4.26. The van der Waals surface area contributed by atoms with Crippen molar-refractivity contribution < 1.29 is 23.4 Å². The van der Waals surface area contributed by atoms with E-state index in [1.54, 1.807) is 38.5 Å². The van der Waals surface area contributed by atoms with Crippen molar-refractivity contribution in [1.82, 2.24) is 4.98 Å². The minimum Gasteiger partial charge on any atom is -0.493 e. The largest absolute Gasteiger partial charge is 0.493 e. The van der Waals surface area contributed by atoms with Gasteiger partial charge in [-0.2, -0.15) is 0 Å². The number of carbonyl (C=O) groups is 1. The zero-order valence-corrected chi connectivity index (χ0v) is 17.9. The van der Waals surface area contributed by atoms with Crippen LogP contribution in [0.4, 0.5) is 5.69 Å². The number of oxazole rings is 1. The molecule has 1 amide bonds. The van der Waals surface area contributed by atoms with Crippen molar-refractivity contribution >= 4 is 28.8 Å². The highest BCUT2D eigenvalue weighted by molar-refractivity contribution is 6.02. The van der Waals surface area contributed by atoms with E-state index in [1.807, 2.05) is 42.5 Å². The zero-order chi connectivity index (χ0) is 22.5. The van der Waals surface area contributed by atoms with E-state index in [2.05, 4.69) is 10.3 Å². The first-order valence-electron chi connectivity index (χ1n) is 9.86. The number of para-hydroxylation sites is 2. The van der Waals surface area contributed by atoms with Gasteiger partial charge >= 0.3 is 0 Å². The molecule has 0 fully saturated rings. The Bertz CT molecular complexity index is 1230. The molecular formula is C25H22N2O5. The molecule has 7 nitrogen and oxygen atoms in total. The predicted molar refractivity (Wildman–Crippen MR) is 123 cm³/mol. The predicted octanol–water partition coefficient (Wildman–Crippen LogP) is 5.17. The summed E-state index contributed by atoms with van der Waals surface area (Å²) in [7, 11) is 4.63. The minimum absolute atomic E-state index is 0.284. The number of ether oxygens (including phenoxy) is 3. The third kappa shape index (κ3) is 4.41. The van der Waals surface area contributed by atoms with Crippen LogP contribution in [0, 0.1) is 0 Å². The number of methoxy groups -OCH3 is 3. The number of hydrogen-bond acceptors (Lipinski definition) is 6. The van der Waals surface area contributed by atoms with Gasteiger partial charge in [0.25, 0.3) is 0 Å². The Balaban J connectivity index is 1.51. The lowest BCUT2D eigenvalue weighted by molar-refractivity contribution is -0.111. The number of fused-ring (bicyclic) bond motifs is 1. The Morgan fingerprint density at radius 3 is 2.38 bits per heavy atom. The van der Waals surface area contributed by atoms with Crippen molar-refractivity contribution in [3.05, 3.63) is 72.3 Å². The summed E-state index contributed by atoms with van der Waals surface area (Å²) in [6, 6.07) is 18.4. The summed E-state index contributed by atoms with van der Waals surface area (Å²) in [5.41, 5.74) is 3.63. The number of aromatic nitrogens is 1. The van der Waals surface area contributed by atoms with Gasteiger partial charge in [0.05, 0.1) is 21.3 Å². The van der Waals surface area contributed by atoms with E-state index in [9.17, 15) is 4.79 Å². The standard InChI is InChI=1S/C25H22N2O5/c1-29-21-13-16(14-22(30-2)24(21)31-3)11-12-23(28)26-18-8-6-7-17(15-18)25-27-19-9-4-5-10-20(19)32-25/h4-15H,1-3H3,(H,26,28)/b12-11+. The second-order valence-electron chi connectivity index (χ2n) is 6.85. The fraction of sp³-hybridized carbons (Fsp3) is 0.120. The second kappa shape index (κ2) is 9.26. The lowest BCUT2D eigenvalue weighted by Gasteiger charge is -2.12. The highest BCUT2D eigenvalue weighted by atomic mass is 16.5. The Kier molecular flexibility index (Phi) is 6.07. The molecule has 1 N–H and O–H groups in total. The van der Waals surface area contributed by atoms with Crippen LogP contribution >= 0.6 is 0 Å². The van der Waals surface area contributed by atoms with E-state index in [0.717, 1.165) is 16.6 Å². The van der Waals surface area contributed by atoms with Gasteiger partial charge in [-0.05, 0) is 54.1 Å². The molecule has 0 saturated heterocycles. The molecule has 0 aliphatic carbocycles. The Morgan fingerprint density at radius 1 is 0.938 bits per heavy atom. The maximum absolute atomic E-state index is 12.5. The number of hydrogen-bond donors (Lipinski definition) is 1. The molecule has 7 heteroatoms. The van der Waals surface area contributed by atoms with Gasteiger partial charge in [-0.15, -0.1) is 0 Å². The molecule has 0 atom stereocenters. The molecule has 3 aromatic carbocycles. The molecule has 32 heavy (non-hydrogen) atoms. The van der Waals surface area contributed by atoms with Crippen LogP contribution in [0.25, 0.3) is 28.6 Å². The third-order valence-electron chi connectivity index (χ3n) is 4.79. The van der Waals surface area contributed by atoms with Crippen molar-refractivity contribution in [2.24, 2.45) is 0 Å². The topological polar surface area (TPSA) is 82.8 Å². The number of amides is 1. The minimum atomic E-state index is -0.284. The number of nitrogens with zero attached hydrogens (tertiary/aromatic N) is 1. The average Bonchev–Trinajstić information content (AvgIpc) is 3.26. The molecule has 0 aliphatic heterocycles. The van der Waals surface area contributed by atoms with Gasteiger partial charge in [-0.3, -0.25) is 4.79 Å². The van der Waals surface area contributed by atoms with Crippen molar-refractivity contribution in [2.45, 2.75) is 0 Å². The smallest absolute Gasteiger partial charge is 0.248 e. The van der Waals surface area contributed by atoms with Crippen molar-refractivity contribution in [2.75, 3.05) is 26.6 Å². The molecule has 4 rings (SSSR count). The fourth-order valence-electron chi connectivity index (χ4n) is 3.28. The second-order valence-corrected chi connectivity index (χ2v) is 6.85. The molecule has 0 bridgehead atoms. The van der Waals surface area contributed by atoms with Gasteiger partial charge in [-0.1, -0.05) is 18.2 Å². The molecule has 162 valence electrons. The van der Waals surface area contributed by atoms with E-state index in [4.69, 9.17) is 18.6 Å². The average molecular weight is 430 g/mol. The quantitative estimate of drug-likeness (QED) is 0.407. The third-order valence-corrected chi connectivity index (χ3v) is 4.79. The van der Waals surface area contributed by atoms with Gasteiger partial charge < -0.3 is 23.9 Å². The van der Waals surface area contributed by atoms with Gasteiger partial charge in [0.1, 0.15) is 5.52 Å². The maximum Gasteiger partial charge on any atom is 0.248 e. The number of anilines is 1. The summed E-state index contributed by atoms with van der Waals surface area (Å²) in [5, 5.41) is 2.85. The van der Waals surface area contributed by atoms with Crippen LogP contribution in [0.1, 0.15) is 5.56 Å². The van der Waals surface area contributed by atoms with Crippen LogP contribution in [0.15, 0.2) is 71.2 Å². The number of rotatable bonds is 7. The first-order valence-corrected chi connectivity index (χ1v) is 9.86. The van der Waals surface area contributed by atoms with Crippen molar-refractivity contribution in [3.63, 3.8) is 0 Å². The summed E-state index contributed by atoms with van der Waals surface area (Å²) in [6.45, 7) is 0. The number of benzene rings is 3. The van der Waals surface area contributed by atoms with E-state index < -0.39 is 0 Å². The molecule has 0 radical (unpaired) electrons. The first-order chi connectivity index (χ1) is 15.6. The van der Waals surface area contributed by atoms with Crippen LogP contribution < -0.4 is 19.5 Å². The summed E-state index contributed by atoms with van der Waals surface area (Å²) in [5.74, 6) is 1.73. The van der Waals surface area contributed by atoms with Crippen LogP contribution in [0.2, 0.25) is 0 Å². The van der Waals surface area contributed by atoms with Gasteiger partial charge in [0.15, 0.2) is 17.1 Å². The van der Waals surface area contributed by atoms with Crippen LogP contribution in [0.5, 0.6) is 17.2 Å². The lowest BCUT2D eigenvalue weighted by atomic mass is 10.1. The zero-order valence-electron chi connectivity index (χ0n) is 17.9. The molecule has 1 heterocycles. The molecule has 0 unspecified atom stereocenters.